The van der Waals surface area contributed by atoms with Gasteiger partial charge in [0.2, 0.25) is 5.91 Å². The molecule has 2 aliphatic heterocycles. The molecule has 0 bridgehead atoms. The summed E-state index contributed by atoms with van der Waals surface area (Å²) in [5, 5.41) is 0. The molecule has 26 heavy (non-hydrogen) atoms. The highest BCUT2D eigenvalue weighted by atomic mass is 19.1. The SMILES string of the molecule is O=C(C[C@H]1CCCN1CC(=O)N1CCCCCCC1)c1ccc(F)cc1. The van der Waals surface area contributed by atoms with Crippen molar-refractivity contribution < 1.29 is 14.0 Å². The Morgan fingerprint density at radius 3 is 2.27 bits per heavy atom. The molecule has 2 heterocycles. The number of nitrogens with zero attached hydrogens (tertiary/aromatic N) is 2. The molecular weight excluding hydrogens is 331 g/mol. The molecular formula is C21H29FN2O2. The van der Waals surface area contributed by atoms with E-state index in [2.05, 4.69) is 4.90 Å². The van der Waals surface area contributed by atoms with Crippen molar-refractivity contribution in [2.45, 2.75) is 57.4 Å². The largest absolute Gasteiger partial charge is 0.342 e. The third-order valence-corrected chi connectivity index (χ3v) is 5.63. The molecule has 1 aromatic rings. The maximum absolute atomic E-state index is 13.0. The number of amides is 1. The third-order valence-electron chi connectivity index (χ3n) is 5.63. The van der Waals surface area contributed by atoms with Crippen LogP contribution in [0.15, 0.2) is 24.3 Å². The predicted molar refractivity (Wildman–Crippen MR) is 99.6 cm³/mol. The maximum Gasteiger partial charge on any atom is 0.236 e. The highest BCUT2D eigenvalue weighted by Crippen LogP contribution is 2.22. The fraction of sp³-hybridized carbons (Fsp3) is 0.619. The molecule has 2 saturated heterocycles. The highest BCUT2D eigenvalue weighted by Gasteiger charge is 2.29. The van der Waals surface area contributed by atoms with E-state index >= 15 is 0 Å². The van der Waals surface area contributed by atoms with Gasteiger partial charge in [-0.1, -0.05) is 19.3 Å². The molecule has 1 aromatic carbocycles. The van der Waals surface area contributed by atoms with Crippen molar-refractivity contribution in [3.05, 3.63) is 35.6 Å². The van der Waals surface area contributed by atoms with E-state index in [1.54, 1.807) is 12.1 Å². The fourth-order valence-corrected chi connectivity index (χ4v) is 4.07. The lowest BCUT2D eigenvalue weighted by atomic mass is 10.0. The van der Waals surface area contributed by atoms with E-state index in [-0.39, 0.29) is 23.5 Å². The van der Waals surface area contributed by atoms with E-state index in [9.17, 15) is 14.0 Å². The van der Waals surface area contributed by atoms with Crippen LogP contribution in [0.3, 0.4) is 0 Å². The lowest BCUT2D eigenvalue weighted by molar-refractivity contribution is -0.133. The van der Waals surface area contributed by atoms with E-state index in [4.69, 9.17) is 0 Å². The molecule has 0 spiro atoms. The summed E-state index contributed by atoms with van der Waals surface area (Å²) in [6, 6.07) is 5.85. The average molecular weight is 360 g/mol. The van der Waals surface area contributed by atoms with Crippen LogP contribution in [-0.4, -0.2) is 53.7 Å². The zero-order chi connectivity index (χ0) is 18.4. The number of ketones is 1. The lowest BCUT2D eigenvalue weighted by Crippen LogP contribution is -2.43. The third kappa shape index (κ3) is 5.13. The van der Waals surface area contributed by atoms with Crippen LogP contribution in [0.2, 0.25) is 0 Å². The number of halogens is 1. The van der Waals surface area contributed by atoms with E-state index in [0.29, 0.717) is 18.5 Å². The summed E-state index contributed by atoms with van der Waals surface area (Å²) in [5.41, 5.74) is 0.549. The van der Waals surface area contributed by atoms with Crippen LogP contribution < -0.4 is 0 Å². The van der Waals surface area contributed by atoms with Gasteiger partial charge in [0.15, 0.2) is 5.78 Å². The Morgan fingerprint density at radius 2 is 1.58 bits per heavy atom. The van der Waals surface area contributed by atoms with E-state index in [1.165, 1.54) is 31.4 Å². The van der Waals surface area contributed by atoms with Gasteiger partial charge in [0.1, 0.15) is 5.82 Å². The Kier molecular flexibility index (Phi) is 6.78. The van der Waals surface area contributed by atoms with Gasteiger partial charge in [0.25, 0.3) is 0 Å². The quantitative estimate of drug-likeness (QED) is 0.753. The predicted octanol–water partition coefficient (Wildman–Crippen LogP) is 3.66. The highest BCUT2D eigenvalue weighted by molar-refractivity contribution is 5.96. The van der Waals surface area contributed by atoms with Gasteiger partial charge >= 0.3 is 0 Å². The molecule has 5 heteroatoms. The number of hydrogen-bond donors (Lipinski definition) is 0. The number of likely N-dealkylation sites (tertiary alicyclic amines) is 2. The summed E-state index contributed by atoms with van der Waals surface area (Å²) in [6.07, 6.45) is 8.26. The zero-order valence-electron chi connectivity index (χ0n) is 15.5. The van der Waals surface area contributed by atoms with E-state index in [0.717, 1.165) is 45.3 Å². The minimum Gasteiger partial charge on any atom is -0.342 e. The lowest BCUT2D eigenvalue weighted by Gasteiger charge is -2.29. The number of hydrogen-bond acceptors (Lipinski definition) is 3. The Balaban J connectivity index is 1.54. The van der Waals surface area contributed by atoms with Crippen LogP contribution in [0, 0.1) is 5.82 Å². The minimum atomic E-state index is -0.331. The monoisotopic (exact) mass is 360 g/mol. The maximum atomic E-state index is 13.0. The average Bonchev–Trinajstić information content (AvgIpc) is 3.01. The van der Waals surface area contributed by atoms with Crippen molar-refractivity contribution >= 4 is 11.7 Å². The molecule has 0 aliphatic carbocycles. The second-order valence-corrected chi connectivity index (χ2v) is 7.55. The standard InChI is InChI=1S/C21H29FN2O2/c22-18-10-8-17(9-11-18)20(25)15-19-7-6-14-24(19)16-21(26)23-12-4-2-1-3-5-13-23/h8-11,19H,1-7,12-16H2/t19-/m1/s1. The Hall–Kier alpha value is -1.75. The van der Waals surface area contributed by atoms with Crippen LogP contribution in [0.4, 0.5) is 4.39 Å². The van der Waals surface area contributed by atoms with Gasteiger partial charge in [-0.3, -0.25) is 14.5 Å². The molecule has 0 aromatic heterocycles. The van der Waals surface area contributed by atoms with Crippen LogP contribution in [0.1, 0.15) is 61.7 Å². The van der Waals surface area contributed by atoms with Crippen LogP contribution in [0.5, 0.6) is 0 Å². The molecule has 1 atom stereocenters. The summed E-state index contributed by atoms with van der Waals surface area (Å²) in [4.78, 5) is 29.4. The van der Waals surface area contributed by atoms with Crippen molar-refractivity contribution in [3.63, 3.8) is 0 Å². The van der Waals surface area contributed by atoms with Crippen molar-refractivity contribution in [1.82, 2.24) is 9.80 Å². The summed E-state index contributed by atoms with van der Waals surface area (Å²) >= 11 is 0. The van der Waals surface area contributed by atoms with Crippen molar-refractivity contribution in [3.8, 4) is 0 Å². The van der Waals surface area contributed by atoms with Gasteiger partial charge in [-0.05, 0) is 56.5 Å². The number of benzene rings is 1. The fourth-order valence-electron chi connectivity index (χ4n) is 4.07. The van der Waals surface area contributed by atoms with Gasteiger partial charge in [0, 0.05) is 31.1 Å². The Labute approximate surface area is 155 Å². The summed E-state index contributed by atoms with van der Waals surface area (Å²) in [5.74, 6) is -0.100. The molecule has 1 amide bonds. The first-order valence-electron chi connectivity index (χ1n) is 9.94. The van der Waals surface area contributed by atoms with Gasteiger partial charge < -0.3 is 4.90 Å². The number of carbonyl (C=O) groups excluding carboxylic acids is 2. The van der Waals surface area contributed by atoms with Gasteiger partial charge in [-0.25, -0.2) is 4.39 Å². The van der Waals surface area contributed by atoms with Crippen molar-refractivity contribution in [2.24, 2.45) is 0 Å². The minimum absolute atomic E-state index is 0.0283. The second kappa shape index (κ2) is 9.26. The summed E-state index contributed by atoms with van der Waals surface area (Å²) in [6.45, 7) is 3.03. The molecule has 0 N–H and O–H groups in total. The Bertz CT molecular complexity index is 609. The zero-order valence-corrected chi connectivity index (χ0v) is 15.5. The molecule has 2 aliphatic rings. The molecule has 0 radical (unpaired) electrons. The molecule has 4 nitrogen and oxygen atoms in total. The number of Topliss-reactive ketones (excluding diaryl/α,β-unsaturated/α-hetero) is 1. The second-order valence-electron chi connectivity index (χ2n) is 7.55. The van der Waals surface area contributed by atoms with E-state index in [1.807, 2.05) is 4.90 Å². The number of rotatable bonds is 5. The topological polar surface area (TPSA) is 40.6 Å². The molecule has 2 fully saturated rings. The van der Waals surface area contributed by atoms with E-state index < -0.39 is 0 Å². The van der Waals surface area contributed by atoms with Crippen molar-refractivity contribution in [2.75, 3.05) is 26.2 Å². The number of carbonyl (C=O) groups is 2. The first-order valence-corrected chi connectivity index (χ1v) is 9.94. The molecule has 0 saturated carbocycles. The summed E-state index contributed by atoms with van der Waals surface area (Å²) in [7, 11) is 0. The van der Waals surface area contributed by atoms with Gasteiger partial charge in [-0.2, -0.15) is 0 Å². The Morgan fingerprint density at radius 1 is 0.923 bits per heavy atom. The summed E-state index contributed by atoms with van der Waals surface area (Å²) < 4.78 is 13.0. The van der Waals surface area contributed by atoms with Crippen LogP contribution in [0.25, 0.3) is 0 Å². The normalized spacial score (nSPS) is 22.0. The van der Waals surface area contributed by atoms with Crippen LogP contribution in [-0.2, 0) is 4.79 Å². The smallest absolute Gasteiger partial charge is 0.236 e. The van der Waals surface area contributed by atoms with Crippen molar-refractivity contribution in [1.29, 1.82) is 0 Å². The first kappa shape index (κ1) is 19.0. The first-order chi connectivity index (χ1) is 12.6. The molecule has 3 rings (SSSR count). The van der Waals surface area contributed by atoms with Gasteiger partial charge in [-0.15, -0.1) is 0 Å². The van der Waals surface area contributed by atoms with Gasteiger partial charge in [0.05, 0.1) is 6.54 Å². The molecule has 142 valence electrons. The molecule has 0 unspecified atom stereocenters. The van der Waals surface area contributed by atoms with Crippen LogP contribution >= 0.6 is 0 Å².